The number of aryl methyl sites for hydroxylation is 2. The Morgan fingerprint density at radius 2 is 1.15 bits per heavy atom. The molecular formula is C69H96N8O15. The molecule has 23 heteroatoms. The molecule has 0 radical (unpaired) electrons. The summed E-state index contributed by atoms with van der Waals surface area (Å²) in [5.41, 5.74) is 11.4. The lowest BCUT2D eigenvalue weighted by atomic mass is 9.89. The molecule has 1 heterocycles. The number of esters is 1. The van der Waals surface area contributed by atoms with Crippen molar-refractivity contribution in [2.24, 2.45) is 5.73 Å². The number of hydrogen-bond acceptors (Lipinski definition) is 15. The number of aliphatic carboxylic acids is 1. The number of ether oxygens (including phenoxy) is 5. The molecule has 5 rings (SSSR count). The van der Waals surface area contributed by atoms with E-state index in [4.69, 9.17) is 29.4 Å². The minimum absolute atomic E-state index is 0.0498. The van der Waals surface area contributed by atoms with E-state index in [2.05, 4.69) is 75.3 Å². The van der Waals surface area contributed by atoms with Gasteiger partial charge in [-0.2, -0.15) is 0 Å². The third-order valence-electron chi connectivity index (χ3n) is 15.0. The van der Waals surface area contributed by atoms with E-state index in [1.54, 1.807) is 77.9 Å². The van der Waals surface area contributed by atoms with E-state index in [9.17, 15) is 48.3 Å². The first-order valence-electron chi connectivity index (χ1n) is 31.9. The molecule has 502 valence electrons. The van der Waals surface area contributed by atoms with Crippen LogP contribution in [0.4, 0.5) is 9.59 Å². The summed E-state index contributed by atoms with van der Waals surface area (Å²) in [4.78, 5) is 120. The summed E-state index contributed by atoms with van der Waals surface area (Å²) in [5.74, 6) is -5.73. The van der Waals surface area contributed by atoms with Gasteiger partial charge in [0, 0.05) is 30.9 Å². The first kappa shape index (κ1) is 74.3. The lowest BCUT2D eigenvalue weighted by Gasteiger charge is -2.26. The van der Waals surface area contributed by atoms with Crippen molar-refractivity contribution in [2.75, 3.05) is 40.1 Å². The molecule has 23 nitrogen and oxygen atoms in total. The van der Waals surface area contributed by atoms with E-state index < -0.39 is 101 Å². The van der Waals surface area contributed by atoms with Crippen molar-refractivity contribution in [3.8, 4) is 22.3 Å². The van der Waals surface area contributed by atoms with Gasteiger partial charge < -0.3 is 71.7 Å². The van der Waals surface area contributed by atoms with E-state index in [1.165, 1.54) is 5.56 Å². The summed E-state index contributed by atoms with van der Waals surface area (Å²) in [6.45, 7) is 14.7. The van der Waals surface area contributed by atoms with Crippen molar-refractivity contribution in [1.82, 2.24) is 37.2 Å². The Hall–Kier alpha value is -8.41. The van der Waals surface area contributed by atoms with Gasteiger partial charge >= 0.3 is 24.1 Å². The number of carbonyl (C=O) groups excluding carboxylic acids is 8. The Balaban J connectivity index is 1.36. The van der Waals surface area contributed by atoms with E-state index in [0.29, 0.717) is 43.2 Å². The standard InChI is InChI=1S/C69H96N8O15/c1-10-12-19-44-24-26-45(27-25-44)46-28-33-50(34-29-46)60(79)73-55(64(83)84)23-18-22-53(76-67(87)92-69(6,7)8)52-41-51(37-32-48(52)20-13-11-2)47-30-35-49(36-31-47)59(78)72-54(21-14-15-38-71-66(86)91-68(3,4)5)61(80)74-56-42-89-39-16-17-40-90-43-57(65(85)88-9)75-63(82)58(70)77-62(56)81/h24-37,41,53-58H,10-23,38-40,42-43,70H2,1-9H3,(H,71,86)(H,72,78)(H,73,79)(H,74,80)(H,75,82)(H,76,87)(H,77,81)(H,83,84). The second kappa shape index (κ2) is 37.2. The zero-order valence-electron chi connectivity index (χ0n) is 54.8. The van der Waals surface area contributed by atoms with Crippen LogP contribution in [-0.4, -0.2) is 140 Å². The molecule has 92 heavy (non-hydrogen) atoms. The number of nitrogens with two attached hydrogens (primary N) is 1. The number of amides is 7. The number of rotatable bonds is 27. The summed E-state index contributed by atoms with van der Waals surface area (Å²) in [5, 5.41) is 29.1. The second-order valence-electron chi connectivity index (χ2n) is 24.9. The SMILES string of the molecule is CCCCc1ccc(-c2ccc(C(=O)NC(CCCC(NC(=O)OC(C)(C)C)c3cc(-c4ccc(C(=O)NC(CCCCNC(=O)OC(C)(C)C)C(=O)NC5COCCCCOCC(C(=O)OC)NC(=O)C(N)NC5=O)cc4)ccc3CCCC)C(=O)O)cc2)cc1. The van der Waals surface area contributed by atoms with E-state index in [0.717, 1.165) is 67.0 Å². The predicted octanol–water partition coefficient (Wildman–Crippen LogP) is 8.49. The van der Waals surface area contributed by atoms with E-state index in [-0.39, 0.29) is 64.2 Å². The van der Waals surface area contributed by atoms with Crippen LogP contribution in [0.5, 0.6) is 0 Å². The van der Waals surface area contributed by atoms with Gasteiger partial charge in [-0.15, -0.1) is 0 Å². The molecule has 1 saturated heterocycles. The maximum absolute atomic E-state index is 14.3. The molecule has 1 aliphatic rings. The van der Waals surface area contributed by atoms with Gasteiger partial charge in [0.25, 0.3) is 17.7 Å². The Morgan fingerprint density at radius 1 is 0.620 bits per heavy atom. The number of carbonyl (C=O) groups is 9. The lowest BCUT2D eigenvalue weighted by Crippen LogP contribution is -2.61. The number of methoxy groups -OCH3 is 1. The number of carboxylic acids is 1. The Kier molecular flexibility index (Phi) is 30.0. The minimum Gasteiger partial charge on any atom is -0.480 e. The summed E-state index contributed by atoms with van der Waals surface area (Å²) in [6, 6.07) is 22.2. The highest BCUT2D eigenvalue weighted by atomic mass is 16.6. The van der Waals surface area contributed by atoms with Crippen molar-refractivity contribution < 1.29 is 71.9 Å². The van der Waals surface area contributed by atoms with Crippen LogP contribution in [0.2, 0.25) is 0 Å². The van der Waals surface area contributed by atoms with Gasteiger partial charge in [0.2, 0.25) is 11.8 Å². The van der Waals surface area contributed by atoms with Gasteiger partial charge in [-0.1, -0.05) is 87.4 Å². The van der Waals surface area contributed by atoms with Crippen LogP contribution < -0.4 is 43.0 Å². The first-order chi connectivity index (χ1) is 43.8. The maximum Gasteiger partial charge on any atom is 0.408 e. The topological polar surface area (TPSA) is 330 Å². The number of nitrogens with one attached hydrogen (secondary N) is 7. The molecule has 1 fully saturated rings. The normalized spacial score (nSPS) is 16.9. The van der Waals surface area contributed by atoms with Crippen LogP contribution in [0.25, 0.3) is 22.3 Å². The van der Waals surface area contributed by atoms with Gasteiger partial charge in [0.15, 0.2) is 12.2 Å². The van der Waals surface area contributed by atoms with Gasteiger partial charge in [-0.05, 0) is 188 Å². The third-order valence-corrected chi connectivity index (χ3v) is 15.0. The zero-order valence-corrected chi connectivity index (χ0v) is 54.8. The molecule has 10 N–H and O–H groups in total. The van der Waals surface area contributed by atoms with Gasteiger partial charge in [-0.25, -0.2) is 19.2 Å². The molecule has 0 spiro atoms. The fourth-order valence-electron chi connectivity index (χ4n) is 9.99. The van der Waals surface area contributed by atoms with Crippen LogP contribution >= 0.6 is 0 Å². The van der Waals surface area contributed by atoms with Crippen LogP contribution in [0, 0.1) is 0 Å². The van der Waals surface area contributed by atoms with Crippen LogP contribution in [0.1, 0.15) is 176 Å². The zero-order chi connectivity index (χ0) is 67.4. The lowest BCUT2D eigenvalue weighted by molar-refractivity contribution is -0.147. The molecule has 6 unspecified atom stereocenters. The first-order valence-corrected chi connectivity index (χ1v) is 31.9. The van der Waals surface area contributed by atoms with Gasteiger partial charge in [-0.3, -0.25) is 24.0 Å². The number of benzene rings is 4. The van der Waals surface area contributed by atoms with Gasteiger partial charge in [0.05, 0.1) is 26.4 Å². The Labute approximate surface area is 540 Å². The van der Waals surface area contributed by atoms with Crippen LogP contribution in [0.3, 0.4) is 0 Å². The molecule has 7 amide bonds. The smallest absolute Gasteiger partial charge is 0.408 e. The Morgan fingerprint density at radius 3 is 1.73 bits per heavy atom. The average molecular weight is 1280 g/mol. The Bertz CT molecular complexity index is 3070. The molecule has 1 aliphatic heterocycles. The van der Waals surface area contributed by atoms with Crippen molar-refractivity contribution in [3.63, 3.8) is 0 Å². The molecule has 4 aromatic rings. The molecule has 0 bridgehead atoms. The number of alkyl carbamates (subject to hydrolysis) is 2. The van der Waals surface area contributed by atoms with Crippen molar-refractivity contribution in [3.05, 3.63) is 119 Å². The van der Waals surface area contributed by atoms with Crippen molar-refractivity contribution in [2.45, 2.75) is 193 Å². The van der Waals surface area contributed by atoms with Crippen LogP contribution in [-0.2, 0) is 60.5 Å². The number of unbranched alkanes of at least 4 members (excludes halogenated alkanes) is 3. The van der Waals surface area contributed by atoms with Crippen molar-refractivity contribution in [1.29, 1.82) is 0 Å². The monoisotopic (exact) mass is 1280 g/mol. The predicted molar refractivity (Wildman–Crippen MR) is 348 cm³/mol. The molecular weight excluding hydrogens is 1180 g/mol. The highest BCUT2D eigenvalue weighted by Gasteiger charge is 2.32. The van der Waals surface area contributed by atoms with E-state index in [1.807, 2.05) is 30.3 Å². The molecule has 0 aliphatic carbocycles. The summed E-state index contributed by atoms with van der Waals surface area (Å²) < 4.78 is 27.2. The average Bonchev–Trinajstić information content (AvgIpc) is 0.915. The van der Waals surface area contributed by atoms with Crippen LogP contribution in [0.15, 0.2) is 91.0 Å². The number of carboxylic acid groups (broad SMARTS) is 1. The maximum atomic E-state index is 14.3. The molecule has 4 aromatic carbocycles. The summed E-state index contributed by atoms with van der Waals surface area (Å²) in [7, 11) is 1.15. The van der Waals surface area contributed by atoms with Crippen molar-refractivity contribution >= 4 is 53.7 Å². The largest absolute Gasteiger partial charge is 0.480 e. The molecule has 0 saturated carbocycles. The summed E-state index contributed by atoms with van der Waals surface area (Å²) >= 11 is 0. The second-order valence-corrected chi connectivity index (χ2v) is 24.9. The fourth-order valence-corrected chi connectivity index (χ4v) is 9.99. The van der Waals surface area contributed by atoms with E-state index >= 15 is 0 Å². The highest BCUT2D eigenvalue weighted by molar-refractivity contribution is 5.99. The summed E-state index contributed by atoms with van der Waals surface area (Å²) in [6.07, 6.45) is 4.98. The minimum atomic E-state index is -1.68. The van der Waals surface area contributed by atoms with Gasteiger partial charge in [0.1, 0.15) is 29.3 Å². The molecule has 6 atom stereocenters. The highest BCUT2D eigenvalue weighted by Crippen LogP contribution is 2.32. The fraction of sp³-hybridized carbons (Fsp3) is 0.522. The molecule has 0 aromatic heterocycles. The number of hydrogen-bond donors (Lipinski definition) is 9. The quantitative estimate of drug-likeness (QED) is 0.0153. The third kappa shape index (κ3) is 25.7.